The number of aromatic nitrogens is 4. The quantitative estimate of drug-likeness (QED) is 0.152. The van der Waals surface area contributed by atoms with E-state index in [1.165, 1.54) is 66.4 Å². The standard InChI is InChI=1S/C73H46N4/c1-5-17-47(18-6-1)51-33-29-49-31-35-55(43-57(49)41-51)71-74-67-27-15-13-25-63(67)69(76-71)53-37-39-61-62-40-38-54(46-66(62)73(65(61)45-53,59-21-9-3-10-22-59)60-23-11-4-12-24-60)70-64-26-14-16-28-68(64)75-72(77-70)56-36-32-50-30-34-52(42-58(50)44-56)48-19-7-2-8-20-48/h1-46H. The Kier molecular flexibility index (Phi) is 10.4. The highest BCUT2D eigenvalue weighted by atomic mass is 14.9. The molecule has 0 radical (unpaired) electrons. The Morgan fingerprint density at radius 1 is 0.234 bits per heavy atom. The van der Waals surface area contributed by atoms with Crippen LogP contribution in [0, 0.1) is 0 Å². The summed E-state index contributed by atoms with van der Waals surface area (Å²) < 4.78 is 0. The van der Waals surface area contributed by atoms with Gasteiger partial charge in [0.25, 0.3) is 0 Å². The lowest BCUT2D eigenvalue weighted by molar-refractivity contribution is 0.769. The molecule has 4 heteroatoms. The molecule has 2 heterocycles. The third-order valence-electron chi connectivity index (χ3n) is 15.7. The minimum absolute atomic E-state index is 0.689. The SMILES string of the molecule is c1ccc(-c2ccc3ccc(-c4nc(-c5ccc6c(c5)C(c5ccccc5)(c5ccccc5)c5cc(-c7nc(-c8ccc9ccc(-c%10ccccc%10)cc9c8)nc8ccccc78)ccc5-6)c5ccccc5n4)cc3c2)cc1. The first-order valence-corrected chi connectivity index (χ1v) is 26.3. The van der Waals surface area contributed by atoms with E-state index in [9.17, 15) is 0 Å². The number of fused-ring (bicyclic) bond motifs is 7. The smallest absolute Gasteiger partial charge is 0.160 e. The molecule has 0 saturated heterocycles. The number of rotatable bonds is 8. The Labute approximate surface area is 446 Å². The fourth-order valence-corrected chi connectivity index (χ4v) is 12.0. The van der Waals surface area contributed by atoms with Crippen molar-refractivity contribution in [2.24, 2.45) is 0 Å². The van der Waals surface area contributed by atoms with E-state index in [0.717, 1.165) is 66.2 Å². The first-order chi connectivity index (χ1) is 38.1. The molecule has 0 amide bonds. The molecule has 2 aromatic heterocycles. The molecule has 1 aliphatic rings. The molecule has 4 nitrogen and oxygen atoms in total. The van der Waals surface area contributed by atoms with Gasteiger partial charge in [0.2, 0.25) is 0 Å². The van der Waals surface area contributed by atoms with Crippen LogP contribution in [0.25, 0.3) is 122 Å². The van der Waals surface area contributed by atoms with Gasteiger partial charge >= 0.3 is 0 Å². The van der Waals surface area contributed by atoms with Crippen LogP contribution >= 0.6 is 0 Å². The summed E-state index contributed by atoms with van der Waals surface area (Å²) in [7, 11) is 0. The lowest BCUT2D eigenvalue weighted by Crippen LogP contribution is -2.28. The summed E-state index contributed by atoms with van der Waals surface area (Å²) in [6.45, 7) is 0. The summed E-state index contributed by atoms with van der Waals surface area (Å²) in [5.74, 6) is 1.38. The minimum Gasteiger partial charge on any atom is -0.228 e. The fraction of sp³-hybridized carbons (Fsp3) is 0.0137. The van der Waals surface area contributed by atoms with E-state index >= 15 is 0 Å². The topological polar surface area (TPSA) is 51.6 Å². The molecular weight excluding hydrogens is 933 g/mol. The van der Waals surface area contributed by atoms with Crippen molar-refractivity contribution < 1.29 is 0 Å². The Morgan fingerprint density at radius 3 is 1.01 bits per heavy atom. The van der Waals surface area contributed by atoms with Crippen LogP contribution in [0.4, 0.5) is 0 Å². The third kappa shape index (κ3) is 7.45. The number of hydrogen-bond acceptors (Lipinski definition) is 4. The Bertz CT molecular complexity index is 4310. The third-order valence-corrected chi connectivity index (χ3v) is 15.7. The Balaban J connectivity index is 0.906. The van der Waals surface area contributed by atoms with Crippen molar-refractivity contribution in [3.05, 3.63) is 301 Å². The Morgan fingerprint density at radius 2 is 0.584 bits per heavy atom. The second-order valence-corrected chi connectivity index (χ2v) is 20.1. The first-order valence-electron chi connectivity index (χ1n) is 26.3. The van der Waals surface area contributed by atoms with E-state index in [1.54, 1.807) is 0 Å². The van der Waals surface area contributed by atoms with Gasteiger partial charge in [-0.2, -0.15) is 0 Å². The molecule has 12 aromatic carbocycles. The maximum absolute atomic E-state index is 5.52. The second-order valence-electron chi connectivity index (χ2n) is 20.1. The molecule has 0 bridgehead atoms. The van der Waals surface area contributed by atoms with Gasteiger partial charge in [-0.1, -0.05) is 231 Å². The van der Waals surface area contributed by atoms with Crippen LogP contribution in [-0.4, -0.2) is 19.9 Å². The van der Waals surface area contributed by atoms with E-state index < -0.39 is 5.41 Å². The van der Waals surface area contributed by atoms with E-state index in [4.69, 9.17) is 19.9 Å². The van der Waals surface area contributed by atoms with Crippen molar-refractivity contribution in [1.82, 2.24) is 19.9 Å². The summed E-state index contributed by atoms with van der Waals surface area (Å²) in [4.78, 5) is 21.5. The minimum atomic E-state index is -0.708. The number of hydrogen-bond donors (Lipinski definition) is 0. The van der Waals surface area contributed by atoms with Gasteiger partial charge in [-0.25, -0.2) is 19.9 Å². The highest BCUT2D eigenvalue weighted by Gasteiger charge is 2.46. The van der Waals surface area contributed by atoms with Crippen LogP contribution in [0.15, 0.2) is 279 Å². The van der Waals surface area contributed by atoms with Crippen molar-refractivity contribution >= 4 is 43.4 Å². The van der Waals surface area contributed by atoms with Crippen LogP contribution in [0.3, 0.4) is 0 Å². The maximum atomic E-state index is 5.52. The van der Waals surface area contributed by atoms with Crippen molar-refractivity contribution in [1.29, 1.82) is 0 Å². The largest absolute Gasteiger partial charge is 0.228 e. The first kappa shape index (κ1) is 44.3. The van der Waals surface area contributed by atoms with E-state index in [0.29, 0.717) is 11.6 Å². The van der Waals surface area contributed by atoms with Crippen LogP contribution in [0.1, 0.15) is 22.3 Å². The molecule has 14 aromatic rings. The van der Waals surface area contributed by atoms with Gasteiger partial charge in [0.15, 0.2) is 11.6 Å². The van der Waals surface area contributed by atoms with Gasteiger partial charge in [0.05, 0.1) is 27.8 Å². The van der Waals surface area contributed by atoms with E-state index in [2.05, 4.69) is 279 Å². The summed E-state index contributed by atoms with van der Waals surface area (Å²) in [6, 6.07) is 100. The van der Waals surface area contributed by atoms with Crippen molar-refractivity contribution in [2.75, 3.05) is 0 Å². The molecule has 1 aliphatic carbocycles. The molecule has 0 spiro atoms. The van der Waals surface area contributed by atoms with Crippen molar-refractivity contribution in [3.63, 3.8) is 0 Å². The van der Waals surface area contributed by atoms with Crippen LogP contribution < -0.4 is 0 Å². The van der Waals surface area contributed by atoms with Gasteiger partial charge in [-0.3, -0.25) is 0 Å². The van der Waals surface area contributed by atoms with E-state index in [1.807, 2.05) is 0 Å². The van der Waals surface area contributed by atoms with Crippen LogP contribution in [-0.2, 0) is 5.41 Å². The predicted molar refractivity (Wildman–Crippen MR) is 318 cm³/mol. The molecule has 0 saturated carbocycles. The zero-order chi connectivity index (χ0) is 50.9. The van der Waals surface area contributed by atoms with Crippen LogP contribution in [0.5, 0.6) is 0 Å². The van der Waals surface area contributed by atoms with Gasteiger partial charge in [-0.15, -0.1) is 0 Å². The maximum Gasteiger partial charge on any atom is 0.160 e. The highest BCUT2D eigenvalue weighted by molar-refractivity contribution is 6.00. The monoisotopic (exact) mass is 978 g/mol. The average Bonchev–Trinajstić information content (AvgIpc) is 4.08. The molecule has 0 atom stereocenters. The molecule has 0 aliphatic heterocycles. The van der Waals surface area contributed by atoms with Gasteiger partial charge in [0.1, 0.15) is 0 Å². The van der Waals surface area contributed by atoms with Crippen molar-refractivity contribution in [3.8, 4) is 78.7 Å². The lowest BCUT2D eigenvalue weighted by atomic mass is 9.67. The van der Waals surface area contributed by atoms with E-state index in [-0.39, 0.29) is 0 Å². The second kappa shape index (κ2) is 18.0. The Hall–Kier alpha value is -10.2. The number of para-hydroxylation sites is 2. The highest BCUT2D eigenvalue weighted by Crippen LogP contribution is 2.58. The van der Waals surface area contributed by atoms with Gasteiger partial charge in [-0.05, 0) is 126 Å². The molecule has 0 fully saturated rings. The zero-order valence-corrected chi connectivity index (χ0v) is 41.8. The molecule has 0 N–H and O–H groups in total. The molecule has 358 valence electrons. The summed E-state index contributed by atoms with van der Waals surface area (Å²) in [6.07, 6.45) is 0. The number of benzene rings is 12. The predicted octanol–water partition coefficient (Wildman–Crippen LogP) is 18.2. The molecule has 77 heavy (non-hydrogen) atoms. The van der Waals surface area contributed by atoms with Gasteiger partial charge < -0.3 is 0 Å². The summed E-state index contributed by atoms with van der Waals surface area (Å²) in [5.41, 5.74) is 18.7. The normalized spacial score (nSPS) is 12.5. The number of nitrogens with zero attached hydrogens (tertiary/aromatic N) is 4. The van der Waals surface area contributed by atoms with Crippen LogP contribution in [0.2, 0.25) is 0 Å². The van der Waals surface area contributed by atoms with Gasteiger partial charge in [0, 0.05) is 33.0 Å². The lowest BCUT2D eigenvalue weighted by Gasteiger charge is -2.34. The fourth-order valence-electron chi connectivity index (χ4n) is 12.0. The average molecular weight is 979 g/mol. The summed E-state index contributed by atoms with van der Waals surface area (Å²) >= 11 is 0. The zero-order valence-electron chi connectivity index (χ0n) is 41.8. The molecular formula is C73H46N4. The summed E-state index contributed by atoms with van der Waals surface area (Å²) in [5, 5.41) is 6.63. The molecule has 15 rings (SSSR count). The van der Waals surface area contributed by atoms with Crippen molar-refractivity contribution in [2.45, 2.75) is 5.41 Å². The molecule has 0 unspecified atom stereocenters.